The third-order valence-electron chi connectivity index (χ3n) is 2.69. The standard InChI is InChI=1S/C12H18N4O3/c1-4-16(5-2)11(17)8(3)13-10-7-6-9(12(18)19)14-15-10/h6-8H,4-5H2,1-3H3,(H,13,15)(H,18,19). The van der Waals surface area contributed by atoms with Gasteiger partial charge in [-0.1, -0.05) is 0 Å². The monoisotopic (exact) mass is 266 g/mol. The summed E-state index contributed by atoms with van der Waals surface area (Å²) in [6, 6.07) is 2.39. The molecule has 0 aliphatic rings. The van der Waals surface area contributed by atoms with E-state index in [0.717, 1.165) is 0 Å². The molecule has 7 nitrogen and oxygen atoms in total. The number of carbonyl (C=O) groups excluding carboxylic acids is 1. The Morgan fingerprint density at radius 1 is 1.32 bits per heavy atom. The largest absolute Gasteiger partial charge is 0.476 e. The maximum Gasteiger partial charge on any atom is 0.356 e. The summed E-state index contributed by atoms with van der Waals surface area (Å²) in [5.74, 6) is -0.793. The Balaban J connectivity index is 2.68. The van der Waals surface area contributed by atoms with Gasteiger partial charge in [0.1, 0.15) is 11.9 Å². The first-order chi connectivity index (χ1) is 8.99. The first kappa shape index (κ1) is 14.9. The zero-order valence-corrected chi connectivity index (χ0v) is 11.3. The quantitative estimate of drug-likeness (QED) is 0.792. The topological polar surface area (TPSA) is 95.4 Å². The van der Waals surface area contributed by atoms with Crippen LogP contribution in [0.15, 0.2) is 12.1 Å². The van der Waals surface area contributed by atoms with Gasteiger partial charge in [-0.05, 0) is 32.9 Å². The van der Waals surface area contributed by atoms with Gasteiger partial charge >= 0.3 is 5.97 Å². The van der Waals surface area contributed by atoms with E-state index < -0.39 is 12.0 Å². The number of carbonyl (C=O) groups is 2. The molecule has 0 radical (unpaired) electrons. The molecule has 104 valence electrons. The van der Waals surface area contributed by atoms with Crippen molar-refractivity contribution in [3.05, 3.63) is 17.8 Å². The van der Waals surface area contributed by atoms with Crippen LogP contribution in [0, 0.1) is 0 Å². The van der Waals surface area contributed by atoms with Gasteiger partial charge in [-0.15, -0.1) is 10.2 Å². The Bertz CT molecular complexity index is 443. The van der Waals surface area contributed by atoms with Crippen molar-refractivity contribution in [3.63, 3.8) is 0 Å². The molecule has 0 fully saturated rings. The smallest absolute Gasteiger partial charge is 0.356 e. The van der Waals surface area contributed by atoms with Gasteiger partial charge in [-0.2, -0.15) is 0 Å². The number of rotatable bonds is 6. The molecule has 7 heteroatoms. The molecule has 0 aliphatic carbocycles. The van der Waals surface area contributed by atoms with Crippen LogP contribution in [0.4, 0.5) is 5.82 Å². The maximum absolute atomic E-state index is 12.0. The van der Waals surface area contributed by atoms with Crippen LogP contribution in [0.25, 0.3) is 0 Å². The van der Waals surface area contributed by atoms with Gasteiger partial charge in [0.25, 0.3) is 0 Å². The number of hydrogen-bond acceptors (Lipinski definition) is 5. The van der Waals surface area contributed by atoms with Crippen molar-refractivity contribution in [2.45, 2.75) is 26.8 Å². The van der Waals surface area contributed by atoms with Crippen molar-refractivity contribution >= 4 is 17.7 Å². The fourth-order valence-electron chi connectivity index (χ4n) is 1.62. The molecule has 0 bridgehead atoms. The number of carboxylic acid groups (broad SMARTS) is 1. The van der Waals surface area contributed by atoms with Gasteiger partial charge in [0, 0.05) is 13.1 Å². The summed E-state index contributed by atoms with van der Waals surface area (Å²) in [7, 11) is 0. The zero-order chi connectivity index (χ0) is 14.4. The highest BCUT2D eigenvalue weighted by atomic mass is 16.4. The van der Waals surface area contributed by atoms with Gasteiger partial charge in [0.05, 0.1) is 0 Å². The molecule has 1 amide bonds. The van der Waals surface area contributed by atoms with Crippen molar-refractivity contribution < 1.29 is 14.7 Å². The molecule has 0 aliphatic heterocycles. The van der Waals surface area contributed by atoms with E-state index in [9.17, 15) is 9.59 Å². The highest BCUT2D eigenvalue weighted by molar-refractivity contribution is 5.85. The lowest BCUT2D eigenvalue weighted by atomic mass is 10.2. The summed E-state index contributed by atoms with van der Waals surface area (Å²) < 4.78 is 0. The molecule has 1 aromatic rings. The summed E-state index contributed by atoms with van der Waals surface area (Å²) in [6.45, 7) is 6.84. The fraction of sp³-hybridized carbons (Fsp3) is 0.500. The van der Waals surface area contributed by atoms with Gasteiger partial charge in [-0.25, -0.2) is 4.79 Å². The molecular weight excluding hydrogens is 248 g/mol. The summed E-state index contributed by atoms with van der Waals surface area (Å²) in [5.41, 5.74) is -0.131. The number of nitrogens with one attached hydrogen (secondary N) is 1. The molecular formula is C12H18N4O3. The second-order valence-corrected chi connectivity index (χ2v) is 3.99. The number of aromatic carboxylic acids is 1. The van der Waals surface area contributed by atoms with Crippen LogP contribution in [-0.2, 0) is 4.79 Å². The average molecular weight is 266 g/mol. The molecule has 1 atom stereocenters. The Morgan fingerprint density at radius 2 is 1.95 bits per heavy atom. The number of carboxylic acids is 1. The lowest BCUT2D eigenvalue weighted by Crippen LogP contribution is -2.41. The minimum atomic E-state index is -1.13. The third kappa shape index (κ3) is 3.90. The molecule has 2 N–H and O–H groups in total. The molecule has 1 rings (SSSR count). The molecule has 0 spiro atoms. The molecule has 1 heterocycles. The van der Waals surface area contributed by atoms with E-state index in [4.69, 9.17) is 5.11 Å². The summed E-state index contributed by atoms with van der Waals surface area (Å²) in [6.07, 6.45) is 0. The average Bonchev–Trinajstić information content (AvgIpc) is 2.40. The molecule has 0 saturated carbocycles. The zero-order valence-electron chi connectivity index (χ0n) is 11.3. The van der Waals surface area contributed by atoms with Crippen molar-refractivity contribution in [1.29, 1.82) is 0 Å². The Hall–Kier alpha value is -2.18. The minimum absolute atomic E-state index is 0.0332. The number of amides is 1. The van der Waals surface area contributed by atoms with Crippen LogP contribution >= 0.6 is 0 Å². The molecule has 0 aromatic carbocycles. The number of anilines is 1. The van der Waals surface area contributed by atoms with E-state index in [0.29, 0.717) is 18.9 Å². The Kier molecular flexibility index (Phi) is 5.23. The van der Waals surface area contributed by atoms with Gasteiger partial charge in [0.15, 0.2) is 5.69 Å². The molecule has 1 unspecified atom stereocenters. The third-order valence-corrected chi connectivity index (χ3v) is 2.69. The SMILES string of the molecule is CCN(CC)C(=O)C(C)Nc1ccc(C(=O)O)nn1. The number of hydrogen-bond donors (Lipinski definition) is 2. The van der Waals surface area contributed by atoms with E-state index in [1.54, 1.807) is 11.8 Å². The molecule has 19 heavy (non-hydrogen) atoms. The van der Waals surface area contributed by atoms with Gasteiger partial charge < -0.3 is 15.3 Å². The summed E-state index contributed by atoms with van der Waals surface area (Å²) in [5, 5.41) is 18.9. The van der Waals surface area contributed by atoms with Crippen molar-refractivity contribution in [2.75, 3.05) is 18.4 Å². The lowest BCUT2D eigenvalue weighted by Gasteiger charge is -2.23. The highest BCUT2D eigenvalue weighted by Crippen LogP contribution is 2.06. The van der Waals surface area contributed by atoms with E-state index in [1.807, 2.05) is 13.8 Å². The van der Waals surface area contributed by atoms with Gasteiger partial charge in [0.2, 0.25) is 5.91 Å². The van der Waals surface area contributed by atoms with Crippen LogP contribution in [0.2, 0.25) is 0 Å². The Morgan fingerprint density at radius 3 is 2.37 bits per heavy atom. The second-order valence-electron chi connectivity index (χ2n) is 3.99. The molecule has 1 aromatic heterocycles. The predicted octanol–water partition coefficient (Wildman–Crippen LogP) is 0.844. The van der Waals surface area contributed by atoms with Crippen LogP contribution in [-0.4, -0.2) is 51.2 Å². The van der Waals surface area contributed by atoms with E-state index in [1.165, 1.54) is 12.1 Å². The van der Waals surface area contributed by atoms with Crippen LogP contribution in [0.3, 0.4) is 0 Å². The predicted molar refractivity (Wildman–Crippen MR) is 70.0 cm³/mol. The van der Waals surface area contributed by atoms with E-state index in [2.05, 4.69) is 15.5 Å². The van der Waals surface area contributed by atoms with E-state index in [-0.39, 0.29) is 11.6 Å². The highest BCUT2D eigenvalue weighted by Gasteiger charge is 2.18. The van der Waals surface area contributed by atoms with Crippen LogP contribution < -0.4 is 5.32 Å². The molecule has 0 saturated heterocycles. The first-order valence-corrected chi connectivity index (χ1v) is 6.11. The summed E-state index contributed by atoms with van der Waals surface area (Å²) >= 11 is 0. The lowest BCUT2D eigenvalue weighted by molar-refractivity contribution is -0.131. The van der Waals surface area contributed by atoms with Crippen molar-refractivity contribution in [3.8, 4) is 0 Å². The number of nitrogens with zero attached hydrogens (tertiary/aromatic N) is 3. The normalized spacial score (nSPS) is 11.7. The maximum atomic E-state index is 12.0. The van der Waals surface area contributed by atoms with Crippen LogP contribution in [0.5, 0.6) is 0 Å². The second kappa shape index (κ2) is 6.67. The van der Waals surface area contributed by atoms with Crippen molar-refractivity contribution in [2.24, 2.45) is 0 Å². The fourth-order valence-corrected chi connectivity index (χ4v) is 1.62. The number of likely N-dealkylation sites (N-methyl/N-ethyl adjacent to an activating group) is 1. The number of aromatic nitrogens is 2. The van der Waals surface area contributed by atoms with Gasteiger partial charge in [-0.3, -0.25) is 4.79 Å². The van der Waals surface area contributed by atoms with Crippen LogP contribution in [0.1, 0.15) is 31.3 Å². The van der Waals surface area contributed by atoms with Crippen molar-refractivity contribution in [1.82, 2.24) is 15.1 Å². The first-order valence-electron chi connectivity index (χ1n) is 6.11. The summed E-state index contributed by atoms with van der Waals surface area (Å²) in [4.78, 5) is 24.3. The van der Waals surface area contributed by atoms with E-state index >= 15 is 0 Å². The Labute approximate surface area is 111 Å². The minimum Gasteiger partial charge on any atom is -0.476 e.